The third kappa shape index (κ3) is 2.10. The first-order valence-electron chi connectivity index (χ1n) is 5.72. The summed E-state index contributed by atoms with van der Waals surface area (Å²) in [4.78, 5) is 2.55. The highest BCUT2D eigenvalue weighted by Gasteiger charge is 2.31. The highest BCUT2D eigenvalue weighted by atomic mass is 16.5. The molecule has 4 unspecified atom stereocenters. The first-order valence-corrected chi connectivity index (χ1v) is 5.72. The molecule has 82 valence electrons. The Kier molecular flexibility index (Phi) is 3.10. The molecule has 2 N–H and O–H groups in total. The molecular weight excluding hydrogens is 176 g/mol. The molecule has 0 radical (unpaired) electrons. The molecule has 3 nitrogen and oxygen atoms in total. The van der Waals surface area contributed by atoms with E-state index < -0.39 is 0 Å². The van der Waals surface area contributed by atoms with Crippen LogP contribution in [0.1, 0.15) is 13.8 Å². The van der Waals surface area contributed by atoms with Crippen LogP contribution in [0.25, 0.3) is 0 Å². The van der Waals surface area contributed by atoms with E-state index in [-0.39, 0.29) is 6.04 Å². The van der Waals surface area contributed by atoms with E-state index in [0.717, 1.165) is 31.6 Å². The Labute approximate surface area is 86.6 Å². The molecule has 0 aromatic rings. The summed E-state index contributed by atoms with van der Waals surface area (Å²) < 4.78 is 5.38. The molecule has 2 heterocycles. The third-order valence-corrected chi connectivity index (χ3v) is 3.80. The van der Waals surface area contributed by atoms with Crippen LogP contribution in [0.2, 0.25) is 0 Å². The summed E-state index contributed by atoms with van der Waals surface area (Å²) in [6.07, 6.45) is 0. The zero-order chi connectivity index (χ0) is 10.1. The minimum atomic E-state index is 0.265. The lowest BCUT2D eigenvalue weighted by atomic mass is 10.0. The quantitative estimate of drug-likeness (QED) is 0.704. The fraction of sp³-hybridized carbons (Fsp3) is 1.00. The van der Waals surface area contributed by atoms with Gasteiger partial charge in [0.15, 0.2) is 0 Å². The Morgan fingerprint density at radius 2 is 1.86 bits per heavy atom. The fourth-order valence-electron chi connectivity index (χ4n) is 2.53. The average molecular weight is 198 g/mol. The van der Waals surface area contributed by atoms with E-state index in [1.807, 2.05) is 0 Å². The molecule has 0 amide bonds. The fourth-order valence-corrected chi connectivity index (χ4v) is 2.53. The van der Waals surface area contributed by atoms with Crippen molar-refractivity contribution < 1.29 is 4.74 Å². The molecule has 0 saturated carbocycles. The summed E-state index contributed by atoms with van der Waals surface area (Å²) in [6, 6.07) is 0.265. The van der Waals surface area contributed by atoms with Crippen LogP contribution in [0.3, 0.4) is 0 Å². The molecule has 4 atom stereocenters. The molecule has 2 rings (SSSR count). The van der Waals surface area contributed by atoms with Crippen LogP contribution in [-0.2, 0) is 4.74 Å². The van der Waals surface area contributed by atoms with E-state index in [2.05, 4.69) is 18.7 Å². The Morgan fingerprint density at radius 1 is 1.21 bits per heavy atom. The number of rotatable bonds is 2. The second kappa shape index (κ2) is 4.17. The number of likely N-dealkylation sites (tertiary alicyclic amines) is 1. The number of hydrogen-bond acceptors (Lipinski definition) is 3. The monoisotopic (exact) mass is 198 g/mol. The third-order valence-electron chi connectivity index (χ3n) is 3.80. The Morgan fingerprint density at radius 3 is 2.36 bits per heavy atom. The van der Waals surface area contributed by atoms with Crippen LogP contribution >= 0.6 is 0 Å². The zero-order valence-electron chi connectivity index (χ0n) is 9.28. The average Bonchev–Trinajstić information content (AvgIpc) is 2.63. The lowest BCUT2D eigenvalue weighted by Crippen LogP contribution is -2.37. The molecule has 0 bridgehead atoms. The van der Waals surface area contributed by atoms with Crippen LogP contribution in [0.15, 0.2) is 0 Å². The van der Waals surface area contributed by atoms with Gasteiger partial charge < -0.3 is 15.4 Å². The van der Waals surface area contributed by atoms with Crippen LogP contribution in [0.4, 0.5) is 0 Å². The Hall–Kier alpha value is -0.120. The summed E-state index contributed by atoms with van der Waals surface area (Å²) in [7, 11) is 0. The van der Waals surface area contributed by atoms with Gasteiger partial charge >= 0.3 is 0 Å². The molecule has 0 aromatic heterocycles. The van der Waals surface area contributed by atoms with Crippen molar-refractivity contribution in [2.24, 2.45) is 23.5 Å². The topological polar surface area (TPSA) is 38.5 Å². The summed E-state index contributed by atoms with van der Waals surface area (Å²) in [5.41, 5.74) is 5.97. The smallest absolute Gasteiger partial charge is 0.0621 e. The maximum Gasteiger partial charge on any atom is 0.0621 e. The van der Waals surface area contributed by atoms with Gasteiger partial charge in [0.2, 0.25) is 0 Å². The largest absolute Gasteiger partial charge is 0.379 e. The normalized spacial score (nSPS) is 44.8. The van der Waals surface area contributed by atoms with Gasteiger partial charge in [0.05, 0.1) is 13.2 Å². The minimum absolute atomic E-state index is 0.265. The second-order valence-corrected chi connectivity index (χ2v) is 5.13. The van der Waals surface area contributed by atoms with Gasteiger partial charge in [-0.3, -0.25) is 0 Å². The zero-order valence-corrected chi connectivity index (χ0v) is 9.28. The summed E-state index contributed by atoms with van der Waals surface area (Å²) in [5.74, 6) is 2.24. The van der Waals surface area contributed by atoms with Crippen molar-refractivity contribution in [1.29, 1.82) is 0 Å². The van der Waals surface area contributed by atoms with Gasteiger partial charge in [-0.05, 0) is 11.8 Å². The molecule has 2 aliphatic heterocycles. The molecular formula is C11H22N2O. The first-order chi connectivity index (χ1) is 6.66. The van der Waals surface area contributed by atoms with Gasteiger partial charge in [0.1, 0.15) is 0 Å². The standard InChI is InChI=1S/C11H22N2O/c1-8-3-13(4-9(8)2)5-10-6-14-7-11(10)12/h8-11H,3-7,12H2,1-2H3. The van der Waals surface area contributed by atoms with E-state index in [9.17, 15) is 0 Å². The Balaban J connectivity index is 1.81. The SMILES string of the molecule is CC1CN(CC2COCC2N)CC1C. The molecule has 0 spiro atoms. The number of nitrogens with zero attached hydrogens (tertiary/aromatic N) is 1. The molecule has 2 saturated heterocycles. The maximum absolute atomic E-state index is 5.97. The van der Waals surface area contributed by atoms with E-state index in [1.54, 1.807) is 0 Å². The van der Waals surface area contributed by atoms with E-state index >= 15 is 0 Å². The second-order valence-electron chi connectivity index (χ2n) is 5.13. The van der Waals surface area contributed by atoms with E-state index in [0.29, 0.717) is 5.92 Å². The molecule has 2 fully saturated rings. The molecule has 0 aliphatic carbocycles. The molecule has 2 aliphatic rings. The van der Waals surface area contributed by atoms with Crippen molar-refractivity contribution in [1.82, 2.24) is 4.90 Å². The predicted octanol–water partition coefficient (Wildman–Crippen LogP) is 0.548. The van der Waals surface area contributed by atoms with Crippen molar-refractivity contribution in [3.05, 3.63) is 0 Å². The highest BCUT2D eigenvalue weighted by molar-refractivity contribution is 4.85. The number of ether oxygens (including phenoxy) is 1. The van der Waals surface area contributed by atoms with Crippen LogP contribution < -0.4 is 5.73 Å². The summed E-state index contributed by atoms with van der Waals surface area (Å²) >= 11 is 0. The van der Waals surface area contributed by atoms with Gasteiger partial charge in [0, 0.05) is 31.6 Å². The van der Waals surface area contributed by atoms with E-state index in [1.165, 1.54) is 13.1 Å². The van der Waals surface area contributed by atoms with Gasteiger partial charge in [-0.15, -0.1) is 0 Å². The van der Waals surface area contributed by atoms with Crippen molar-refractivity contribution in [2.45, 2.75) is 19.9 Å². The maximum atomic E-state index is 5.97. The van der Waals surface area contributed by atoms with Gasteiger partial charge in [-0.2, -0.15) is 0 Å². The van der Waals surface area contributed by atoms with Crippen molar-refractivity contribution in [3.63, 3.8) is 0 Å². The highest BCUT2D eigenvalue weighted by Crippen LogP contribution is 2.24. The van der Waals surface area contributed by atoms with Crippen LogP contribution in [0.5, 0.6) is 0 Å². The van der Waals surface area contributed by atoms with E-state index in [4.69, 9.17) is 10.5 Å². The lowest BCUT2D eigenvalue weighted by molar-refractivity contribution is 0.172. The van der Waals surface area contributed by atoms with Crippen LogP contribution in [-0.4, -0.2) is 43.8 Å². The molecule has 3 heteroatoms. The predicted molar refractivity (Wildman–Crippen MR) is 57.1 cm³/mol. The van der Waals surface area contributed by atoms with Crippen molar-refractivity contribution in [3.8, 4) is 0 Å². The Bertz CT molecular complexity index is 188. The molecule has 0 aromatic carbocycles. The van der Waals surface area contributed by atoms with Gasteiger partial charge in [0.25, 0.3) is 0 Å². The number of nitrogens with two attached hydrogens (primary N) is 1. The first kappa shape index (κ1) is 10.4. The lowest BCUT2D eigenvalue weighted by Gasteiger charge is -2.21. The van der Waals surface area contributed by atoms with Crippen molar-refractivity contribution >= 4 is 0 Å². The summed E-state index contributed by atoms with van der Waals surface area (Å²) in [5, 5.41) is 0. The summed E-state index contributed by atoms with van der Waals surface area (Å²) in [6.45, 7) is 9.92. The minimum Gasteiger partial charge on any atom is -0.379 e. The van der Waals surface area contributed by atoms with Gasteiger partial charge in [-0.25, -0.2) is 0 Å². The van der Waals surface area contributed by atoms with Crippen molar-refractivity contribution in [2.75, 3.05) is 32.8 Å². The number of hydrogen-bond donors (Lipinski definition) is 1. The molecule has 14 heavy (non-hydrogen) atoms. The van der Waals surface area contributed by atoms with Gasteiger partial charge in [-0.1, -0.05) is 13.8 Å². The van der Waals surface area contributed by atoms with Crippen LogP contribution in [0, 0.1) is 17.8 Å².